The number of amides is 1. The molecule has 0 saturated heterocycles. The largest absolute Gasteiger partial charge is 0.508 e. The average Bonchev–Trinajstić information content (AvgIpc) is 2.64. The van der Waals surface area contributed by atoms with Crippen LogP contribution in [-0.4, -0.2) is 28.0 Å². The highest BCUT2D eigenvalue weighted by Gasteiger charge is 2.23. The van der Waals surface area contributed by atoms with Gasteiger partial charge in [0.1, 0.15) is 11.5 Å². The molecule has 0 saturated carbocycles. The van der Waals surface area contributed by atoms with Gasteiger partial charge in [0.05, 0.1) is 17.6 Å². The van der Waals surface area contributed by atoms with Crippen molar-refractivity contribution in [2.45, 2.75) is 19.8 Å². The maximum atomic E-state index is 11.5. The van der Waals surface area contributed by atoms with Crippen LogP contribution in [0.1, 0.15) is 30.9 Å². The lowest BCUT2D eigenvalue weighted by Gasteiger charge is -2.21. The molecule has 2 aromatic rings. The van der Waals surface area contributed by atoms with Crippen LogP contribution in [0, 0.1) is 5.92 Å². The first-order valence-corrected chi connectivity index (χ1v) is 8.34. The van der Waals surface area contributed by atoms with Crippen molar-refractivity contribution in [3.8, 4) is 11.5 Å². The summed E-state index contributed by atoms with van der Waals surface area (Å²) in [4.78, 5) is 11.5. The second-order valence-electron chi connectivity index (χ2n) is 6.03. The van der Waals surface area contributed by atoms with Gasteiger partial charge in [-0.3, -0.25) is 10.2 Å². The molecule has 7 heteroatoms. The van der Waals surface area contributed by atoms with Crippen molar-refractivity contribution < 1.29 is 15.0 Å². The molecule has 1 aliphatic rings. The van der Waals surface area contributed by atoms with Gasteiger partial charge < -0.3 is 10.2 Å². The normalized spacial score (nSPS) is 17.0. The first-order valence-electron chi connectivity index (χ1n) is 8.34. The number of hydrogen-bond donors (Lipinski definition) is 4. The Kier molecular flexibility index (Phi) is 5.17. The molecule has 1 unspecified atom stereocenters. The topological polar surface area (TPSA) is 106 Å². The Balaban J connectivity index is 1.68. The summed E-state index contributed by atoms with van der Waals surface area (Å²) >= 11 is 0. The third kappa shape index (κ3) is 4.00. The summed E-state index contributed by atoms with van der Waals surface area (Å²) < 4.78 is 0. The van der Waals surface area contributed by atoms with E-state index in [1.165, 1.54) is 18.3 Å². The van der Waals surface area contributed by atoms with Gasteiger partial charge in [0.2, 0.25) is 5.91 Å². The Labute approximate surface area is 151 Å². The molecule has 2 aromatic carbocycles. The van der Waals surface area contributed by atoms with Gasteiger partial charge in [-0.05, 0) is 36.2 Å². The van der Waals surface area contributed by atoms with Crippen LogP contribution in [0.2, 0.25) is 0 Å². The fourth-order valence-electron chi connectivity index (χ4n) is 2.75. The molecule has 0 aromatic heterocycles. The Morgan fingerprint density at radius 3 is 2.73 bits per heavy atom. The number of nitrogens with one attached hydrogen (secondary N) is 2. The molecule has 26 heavy (non-hydrogen) atoms. The molecule has 0 spiro atoms. The van der Waals surface area contributed by atoms with E-state index in [2.05, 4.69) is 21.1 Å². The molecule has 0 bridgehead atoms. The molecule has 0 radical (unpaired) electrons. The molecular weight excluding hydrogens is 332 g/mol. The first kappa shape index (κ1) is 17.5. The third-order valence-electron chi connectivity index (χ3n) is 4.20. The Morgan fingerprint density at radius 2 is 2.04 bits per heavy atom. The quantitative estimate of drug-likeness (QED) is 0.490. The van der Waals surface area contributed by atoms with Crippen LogP contribution in [0.3, 0.4) is 0 Å². The maximum Gasteiger partial charge on any atom is 0.240 e. The van der Waals surface area contributed by atoms with Crippen molar-refractivity contribution in [2.75, 3.05) is 5.43 Å². The van der Waals surface area contributed by atoms with E-state index < -0.39 is 0 Å². The SMILES string of the molecule is CCC1CC(=O)NN=C1c1ccc(N/N=C/c2ccc(O)cc2O)cc1. The molecule has 4 N–H and O–H groups in total. The molecular formula is C19H20N4O3. The van der Waals surface area contributed by atoms with Crippen LogP contribution in [0.4, 0.5) is 5.69 Å². The lowest BCUT2D eigenvalue weighted by Crippen LogP contribution is -2.33. The number of phenols is 2. The lowest BCUT2D eigenvalue weighted by atomic mass is 9.90. The molecule has 7 nitrogen and oxygen atoms in total. The zero-order valence-electron chi connectivity index (χ0n) is 14.3. The number of rotatable bonds is 5. The van der Waals surface area contributed by atoms with E-state index in [-0.39, 0.29) is 23.3 Å². The predicted octanol–water partition coefficient (Wildman–Crippen LogP) is 2.79. The summed E-state index contributed by atoms with van der Waals surface area (Å²) in [5.74, 6) is 0.0213. The highest BCUT2D eigenvalue weighted by Crippen LogP contribution is 2.22. The second-order valence-corrected chi connectivity index (χ2v) is 6.03. The van der Waals surface area contributed by atoms with E-state index in [4.69, 9.17) is 0 Å². The highest BCUT2D eigenvalue weighted by molar-refractivity contribution is 6.06. The molecule has 134 valence electrons. The number of hydrazone groups is 2. The van der Waals surface area contributed by atoms with E-state index >= 15 is 0 Å². The smallest absolute Gasteiger partial charge is 0.240 e. The van der Waals surface area contributed by atoms with Gasteiger partial charge in [-0.25, -0.2) is 5.43 Å². The van der Waals surface area contributed by atoms with Gasteiger partial charge in [0.25, 0.3) is 0 Å². The van der Waals surface area contributed by atoms with Gasteiger partial charge in [-0.15, -0.1) is 0 Å². The maximum absolute atomic E-state index is 11.5. The van der Waals surface area contributed by atoms with Crippen LogP contribution in [0.5, 0.6) is 11.5 Å². The molecule has 1 amide bonds. The molecule has 3 rings (SSSR count). The van der Waals surface area contributed by atoms with Crippen molar-refractivity contribution in [1.29, 1.82) is 0 Å². The Bertz CT molecular complexity index is 860. The van der Waals surface area contributed by atoms with E-state index in [1.807, 2.05) is 31.2 Å². The van der Waals surface area contributed by atoms with Gasteiger partial charge >= 0.3 is 0 Å². The minimum atomic E-state index is -0.0503. The number of anilines is 1. The van der Waals surface area contributed by atoms with Crippen LogP contribution >= 0.6 is 0 Å². The number of carbonyl (C=O) groups is 1. The minimum absolute atomic E-state index is 0.00426. The summed E-state index contributed by atoms with van der Waals surface area (Å²) in [7, 11) is 0. The van der Waals surface area contributed by atoms with Crippen LogP contribution < -0.4 is 10.9 Å². The van der Waals surface area contributed by atoms with E-state index in [0.717, 1.165) is 23.4 Å². The molecule has 1 aliphatic heterocycles. The van der Waals surface area contributed by atoms with Crippen molar-refractivity contribution in [3.05, 3.63) is 53.6 Å². The van der Waals surface area contributed by atoms with Gasteiger partial charge in [-0.1, -0.05) is 19.1 Å². The zero-order valence-corrected chi connectivity index (χ0v) is 14.3. The average molecular weight is 352 g/mol. The summed E-state index contributed by atoms with van der Waals surface area (Å²) in [5, 5.41) is 27.3. The van der Waals surface area contributed by atoms with Crippen LogP contribution in [0.25, 0.3) is 0 Å². The minimum Gasteiger partial charge on any atom is -0.508 e. The van der Waals surface area contributed by atoms with Crippen molar-refractivity contribution >= 4 is 23.5 Å². The highest BCUT2D eigenvalue weighted by atomic mass is 16.3. The lowest BCUT2D eigenvalue weighted by molar-refractivity contribution is -0.122. The van der Waals surface area contributed by atoms with Crippen molar-refractivity contribution in [1.82, 2.24) is 5.43 Å². The first-order chi connectivity index (χ1) is 12.6. The summed E-state index contributed by atoms with van der Waals surface area (Å²) in [5.41, 5.74) is 8.53. The van der Waals surface area contributed by atoms with Gasteiger partial charge in [-0.2, -0.15) is 10.2 Å². The fraction of sp³-hybridized carbons (Fsp3) is 0.211. The fourth-order valence-corrected chi connectivity index (χ4v) is 2.75. The molecule has 0 aliphatic carbocycles. The van der Waals surface area contributed by atoms with E-state index in [0.29, 0.717) is 12.0 Å². The van der Waals surface area contributed by atoms with E-state index in [9.17, 15) is 15.0 Å². The second kappa shape index (κ2) is 7.69. The predicted molar refractivity (Wildman–Crippen MR) is 101 cm³/mol. The summed E-state index contributed by atoms with van der Waals surface area (Å²) in [6, 6.07) is 11.9. The number of nitrogens with zero attached hydrogens (tertiary/aromatic N) is 2. The number of aromatic hydroxyl groups is 2. The summed E-state index contributed by atoms with van der Waals surface area (Å²) in [6.07, 6.45) is 2.78. The summed E-state index contributed by atoms with van der Waals surface area (Å²) in [6.45, 7) is 2.04. The number of carbonyl (C=O) groups excluding carboxylic acids is 1. The third-order valence-corrected chi connectivity index (χ3v) is 4.20. The number of benzene rings is 2. The van der Waals surface area contributed by atoms with Crippen molar-refractivity contribution in [3.63, 3.8) is 0 Å². The number of hydrogen-bond acceptors (Lipinski definition) is 6. The molecule has 0 fully saturated rings. The van der Waals surface area contributed by atoms with Gasteiger partial charge in [0, 0.05) is 24.0 Å². The Morgan fingerprint density at radius 1 is 1.27 bits per heavy atom. The molecule has 1 atom stereocenters. The monoisotopic (exact) mass is 352 g/mol. The molecule has 1 heterocycles. The van der Waals surface area contributed by atoms with E-state index in [1.54, 1.807) is 6.07 Å². The number of phenolic OH excluding ortho intramolecular Hbond substituents is 2. The zero-order chi connectivity index (χ0) is 18.5. The van der Waals surface area contributed by atoms with Gasteiger partial charge in [0.15, 0.2) is 0 Å². The van der Waals surface area contributed by atoms with Crippen molar-refractivity contribution in [2.24, 2.45) is 16.1 Å². The Hall–Kier alpha value is -3.35. The standard InChI is InChI=1S/C19H20N4O3/c1-2-12-9-18(26)22-23-19(12)13-3-6-15(7-4-13)21-20-11-14-5-8-16(24)10-17(14)25/h3-8,10-12,21,24-25H,2,9H2,1H3,(H,22,26)/b20-11+. The van der Waals surface area contributed by atoms with Crippen LogP contribution in [0.15, 0.2) is 52.7 Å². The van der Waals surface area contributed by atoms with Crippen LogP contribution in [-0.2, 0) is 4.79 Å².